The highest BCUT2D eigenvalue weighted by atomic mass is 16.4. The summed E-state index contributed by atoms with van der Waals surface area (Å²) >= 11 is 0. The van der Waals surface area contributed by atoms with E-state index in [1.165, 1.54) is 0 Å². The van der Waals surface area contributed by atoms with Gasteiger partial charge in [-0.2, -0.15) is 0 Å². The van der Waals surface area contributed by atoms with Crippen LogP contribution in [0.25, 0.3) is 0 Å². The Balaban J connectivity index is 1.80. The smallest absolute Gasteiger partial charge is 0.306 e. The number of aryl methyl sites for hydroxylation is 1. The summed E-state index contributed by atoms with van der Waals surface area (Å²) in [6, 6.07) is 8.06. The predicted octanol–water partition coefficient (Wildman–Crippen LogP) is 2.30. The van der Waals surface area contributed by atoms with Crippen LogP contribution in [-0.4, -0.2) is 23.0 Å². The highest BCUT2D eigenvalue weighted by Gasteiger charge is 2.26. The fraction of sp³-hybridized carbons (Fsp3) is 0.500. The van der Waals surface area contributed by atoms with E-state index in [0.717, 1.165) is 24.0 Å². The average molecular weight is 275 g/mol. The van der Waals surface area contributed by atoms with Gasteiger partial charge in [-0.05, 0) is 38.2 Å². The molecular formula is C16H21NO3. The van der Waals surface area contributed by atoms with Gasteiger partial charge in [-0.1, -0.05) is 29.8 Å². The summed E-state index contributed by atoms with van der Waals surface area (Å²) in [5.74, 6) is -0.927. The minimum atomic E-state index is -0.713. The summed E-state index contributed by atoms with van der Waals surface area (Å²) in [6.07, 6.45) is 3.23. The zero-order valence-corrected chi connectivity index (χ0v) is 11.8. The molecule has 1 aromatic carbocycles. The fourth-order valence-corrected chi connectivity index (χ4v) is 2.77. The Kier molecular flexibility index (Phi) is 4.77. The van der Waals surface area contributed by atoms with Gasteiger partial charge in [0.2, 0.25) is 5.91 Å². The van der Waals surface area contributed by atoms with Crippen molar-refractivity contribution < 1.29 is 14.7 Å². The predicted molar refractivity (Wildman–Crippen MR) is 76.4 cm³/mol. The van der Waals surface area contributed by atoms with E-state index in [4.69, 9.17) is 5.11 Å². The normalized spacial score (nSPS) is 22.2. The maximum absolute atomic E-state index is 12.0. The van der Waals surface area contributed by atoms with Gasteiger partial charge in [0.1, 0.15) is 0 Å². The number of benzene rings is 1. The molecule has 0 atom stereocenters. The van der Waals surface area contributed by atoms with E-state index in [1.807, 2.05) is 31.2 Å². The van der Waals surface area contributed by atoms with Crippen molar-refractivity contribution in [3.63, 3.8) is 0 Å². The molecule has 1 aliphatic carbocycles. The van der Waals surface area contributed by atoms with Gasteiger partial charge in [0.05, 0.1) is 12.3 Å². The lowest BCUT2D eigenvalue weighted by Gasteiger charge is -2.26. The standard InChI is InChI=1S/C16H21NO3/c1-11-3-2-4-12(9-11)10-15(18)17-14-7-5-13(6-8-14)16(19)20/h2-4,9,13-14H,5-8,10H2,1H3,(H,17,18)(H,19,20). The van der Waals surface area contributed by atoms with Crippen molar-refractivity contribution in [2.75, 3.05) is 0 Å². The number of nitrogens with one attached hydrogen (secondary N) is 1. The molecule has 0 aliphatic heterocycles. The first-order valence-electron chi connectivity index (χ1n) is 7.12. The number of hydrogen-bond acceptors (Lipinski definition) is 2. The average Bonchev–Trinajstić information content (AvgIpc) is 2.39. The maximum Gasteiger partial charge on any atom is 0.306 e. The molecule has 4 nitrogen and oxygen atoms in total. The Labute approximate surface area is 119 Å². The van der Waals surface area contributed by atoms with Gasteiger partial charge in [-0.3, -0.25) is 9.59 Å². The zero-order chi connectivity index (χ0) is 14.5. The van der Waals surface area contributed by atoms with Gasteiger partial charge < -0.3 is 10.4 Å². The molecule has 4 heteroatoms. The first kappa shape index (κ1) is 14.6. The third kappa shape index (κ3) is 4.08. The minimum absolute atomic E-state index is 0.0226. The maximum atomic E-state index is 12.0. The highest BCUT2D eigenvalue weighted by Crippen LogP contribution is 2.24. The van der Waals surface area contributed by atoms with Crippen molar-refractivity contribution in [2.45, 2.75) is 45.1 Å². The van der Waals surface area contributed by atoms with Crippen LogP contribution in [0.3, 0.4) is 0 Å². The van der Waals surface area contributed by atoms with Crippen LogP contribution in [0.2, 0.25) is 0 Å². The molecule has 1 aliphatic rings. The lowest BCUT2D eigenvalue weighted by molar-refractivity contribution is -0.142. The van der Waals surface area contributed by atoms with Crippen molar-refractivity contribution in [3.05, 3.63) is 35.4 Å². The van der Waals surface area contributed by atoms with Gasteiger partial charge >= 0.3 is 5.97 Å². The largest absolute Gasteiger partial charge is 0.481 e. The van der Waals surface area contributed by atoms with Crippen molar-refractivity contribution >= 4 is 11.9 Å². The second-order valence-corrected chi connectivity index (χ2v) is 5.62. The highest BCUT2D eigenvalue weighted by molar-refractivity contribution is 5.79. The van der Waals surface area contributed by atoms with Crippen LogP contribution in [0.4, 0.5) is 0 Å². The Morgan fingerprint density at radius 1 is 1.25 bits per heavy atom. The first-order valence-corrected chi connectivity index (χ1v) is 7.12. The molecule has 0 saturated heterocycles. The van der Waals surface area contributed by atoms with Crippen LogP contribution in [0.5, 0.6) is 0 Å². The van der Waals surface area contributed by atoms with E-state index in [0.29, 0.717) is 19.3 Å². The van der Waals surface area contributed by atoms with Crippen LogP contribution in [-0.2, 0) is 16.0 Å². The second-order valence-electron chi connectivity index (χ2n) is 5.62. The van der Waals surface area contributed by atoms with E-state index >= 15 is 0 Å². The van der Waals surface area contributed by atoms with Crippen LogP contribution in [0.1, 0.15) is 36.8 Å². The summed E-state index contributed by atoms with van der Waals surface area (Å²) in [5.41, 5.74) is 2.17. The van der Waals surface area contributed by atoms with Gasteiger partial charge in [-0.15, -0.1) is 0 Å². The molecule has 0 spiro atoms. The molecule has 1 fully saturated rings. The van der Waals surface area contributed by atoms with E-state index in [-0.39, 0.29) is 17.9 Å². The molecule has 0 aromatic heterocycles. The van der Waals surface area contributed by atoms with E-state index in [9.17, 15) is 9.59 Å². The van der Waals surface area contributed by atoms with Gasteiger partial charge in [-0.25, -0.2) is 0 Å². The number of hydrogen-bond donors (Lipinski definition) is 2. The van der Waals surface area contributed by atoms with Crippen LogP contribution < -0.4 is 5.32 Å². The molecule has 1 amide bonds. The molecule has 0 heterocycles. The Morgan fingerprint density at radius 2 is 1.95 bits per heavy atom. The summed E-state index contributed by atoms with van der Waals surface area (Å²) in [6.45, 7) is 2.01. The van der Waals surface area contributed by atoms with Gasteiger partial charge in [0, 0.05) is 6.04 Å². The molecule has 2 rings (SSSR count). The number of carbonyl (C=O) groups excluding carboxylic acids is 1. The molecule has 0 unspecified atom stereocenters. The van der Waals surface area contributed by atoms with Crippen molar-refractivity contribution in [2.24, 2.45) is 5.92 Å². The first-order chi connectivity index (χ1) is 9.54. The molecule has 0 radical (unpaired) electrons. The lowest BCUT2D eigenvalue weighted by Crippen LogP contribution is -2.39. The Morgan fingerprint density at radius 3 is 2.55 bits per heavy atom. The Hall–Kier alpha value is -1.84. The van der Waals surface area contributed by atoms with E-state index in [1.54, 1.807) is 0 Å². The number of carboxylic acid groups (broad SMARTS) is 1. The topological polar surface area (TPSA) is 66.4 Å². The van der Waals surface area contributed by atoms with Crippen LogP contribution in [0.15, 0.2) is 24.3 Å². The van der Waals surface area contributed by atoms with E-state index < -0.39 is 5.97 Å². The van der Waals surface area contributed by atoms with Crippen LogP contribution >= 0.6 is 0 Å². The summed E-state index contributed by atoms with van der Waals surface area (Å²) < 4.78 is 0. The second kappa shape index (κ2) is 6.55. The molecule has 1 aromatic rings. The number of aliphatic carboxylic acids is 1. The SMILES string of the molecule is Cc1cccc(CC(=O)NC2CCC(C(=O)O)CC2)c1. The van der Waals surface area contributed by atoms with Crippen molar-refractivity contribution in [3.8, 4) is 0 Å². The van der Waals surface area contributed by atoms with Crippen LogP contribution in [0, 0.1) is 12.8 Å². The van der Waals surface area contributed by atoms with E-state index in [2.05, 4.69) is 5.32 Å². The number of carbonyl (C=O) groups is 2. The number of amides is 1. The molecule has 20 heavy (non-hydrogen) atoms. The summed E-state index contributed by atoms with van der Waals surface area (Å²) in [5, 5.41) is 12.0. The number of carboxylic acids is 1. The molecule has 2 N–H and O–H groups in total. The third-order valence-corrected chi connectivity index (χ3v) is 3.89. The Bertz CT molecular complexity index is 490. The lowest BCUT2D eigenvalue weighted by atomic mass is 9.86. The van der Waals surface area contributed by atoms with Crippen molar-refractivity contribution in [1.82, 2.24) is 5.32 Å². The third-order valence-electron chi connectivity index (χ3n) is 3.89. The number of rotatable bonds is 4. The monoisotopic (exact) mass is 275 g/mol. The summed E-state index contributed by atoms with van der Waals surface area (Å²) in [7, 11) is 0. The minimum Gasteiger partial charge on any atom is -0.481 e. The molecule has 1 saturated carbocycles. The quantitative estimate of drug-likeness (QED) is 0.886. The molecule has 0 bridgehead atoms. The fourth-order valence-electron chi connectivity index (χ4n) is 2.77. The van der Waals surface area contributed by atoms with Crippen molar-refractivity contribution in [1.29, 1.82) is 0 Å². The molecule has 108 valence electrons. The van der Waals surface area contributed by atoms with Gasteiger partial charge in [0.25, 0.3) is 0 Å². The summed E-state index contributed by atoms with van der Waals surface area (Å²) in [4.78, 5) is 22.8. The molecular weight excluding hydrogens is 254 g/mol. The zero-order valence-electron chi connectivity index (χ0n) is 11.8. The van der Waals surface area contributed by atoms with Gasteiger partial charge in [0.15, 0.2) is 0 Å².